The molecule has 0 amide bonds. The molecule has 0 radical (unpaired) electrons. The fraction of sp³-hybridized carbons (Fsp3) is 0.700. The van der Waals surface area contributed by atoms with E-state index in [4.69, 9.17) is 4.52 Å². The van der Waals surface area contributed by atoms with Crippen LogP contribution in [0.25, 0.3) is 0 Å². The third kappa shape index (κ3) is 0.838. The Morgan fingerprint density at radius 1 is 1.33 bits per heavy atom. The summed E-state index contributed by atoms with van der Waals surface area (Å²) in [5.41, 5.74) is 0. The number of rotatable bonds is 1. The van der Waals surface area contributed by atoms with E-state index in [1.165, 1.54) is 25.7 Å². The van der Waals surface area contributed by atoms with Gasteiger partial charge in [0.1, 0.15) is 5.76 Å². The van der Waals surface area contributed by atoms with Gasteiger partial charge in [0.2, 0.25) is 0 Å². The molecule has 1 heterocycles. The molecular formula is C10H13NO. The van der Waals surface area contributed by atoms with Gasteiger partial charge in [-0.05, 0) is 31.1 Å². The van der Waals surface area contributed by atoms with E-state index in [1.807, 2.05) is 6.07 Å². The van der Waals surface area contributed by atoms with Crippen LogP contribution in [-0.4, -0.2) is 5.16 Å². The first-order chi connectivity index (χ1) is 5.93. The van der Waals surface area contributed by atoms with Crippen LogP contribution in [0.5, 0.6) is 0 Å². The summed E-state index contributed by atoms with van der Waals surface area (Å²) >= 11 is 0. The summed E-state index contributed by atoms with van der Waals surface area (Å²) in [6, 6.07) is 2.03. The molecule has 2 aliphatic rings. The van der Waals surface area contributed by atoms with Gasteiger partial charge in [-0.15, -0.1) is 0 Å². The highest BCUT2D eigenvalue weighted by atomic mass is 16.5. The Kier molecular flexibility index (Phi) is 1.31. The standard InChI is InChI=1S/C10H13NO/c1-2-8-5-7(1)6-9(8)10-3-4-11-12-10/h3-4,7-9H,1-2,5-6H2. The Morgan fingerprint density at radius 2 is 2.33 bits per heavy atom. The van der Waals surface area contributed by atoms with Gasteiger partial charge >= 0.3 is 0 Å². The maximum atomic E-state index is 5.22. The van der Waals surface area contributed by atoms with Crippen molar-refractivity contribution in [3.05, 3.63) is 18.0 Å². The van der Waals surface area contributed by atoms with Crippen LogP contribution < -0.4 is 0 Å². The van der Waals surface area contributed by atoms with E-state index in [1.54, 1.807) is 6.20 Å². The van der Waals surface area contributed by atoms with Gasteiger partial charge in [0.15, 0.2) is 0 Å². The second kappa shape index (κ2) is 2.35. The van der Waals surface area contributed by atoms with Crippen molar-refractivity contribution < 1.29 is 4.52 Å². The van der Waals surface area contributed by atoms with Crippen molar-refractivity contribution in [2.45, 2.75) is 31.6 Å². The molecule has 0 aromatic carbocycles. The second-order valence-corrected chi connectivity index (χ2v) is 4.20. The monoisotopic (exact) mass is 163 g/mol. The van der Waals surface area contributed by atoms with E-state index < -0.39 is 0 Å². The van der Waals surface area contributed by atoms with Crippen molar-refractivity contribution in [1.29, 1.82) is 0 Å². The molecule has 1 aromatic rings. The smallest absolute Gasteiger partial charge is 0.140 e. The predicted octanol–water partition coefficient (Wildman–Crippen LogP) is 2.58. The molecule has 3 atom stereocenters. The molecular weight excluding hydrogens is 150 g/mol. The fourth-order valence-corrected chi connectivity index (χ4v) is 3.01. The van der Waals surface area contributed by atoms with Crippen LogP contribution in [0.15, 0.2) is 16.8 Å². The molecule has 12 heavy (non-hydrogen) atoms. The topological polar surface area (TPSA) is 26.0 Å². The highest BCUT2D eigenvalue weighted by molar-refractivity contribution is 5.09. The van der Waals surface area contributed by atoms with E-state index in [-0.39, 0.29) is 0 Å². The summed E-state index contributed by atoms with van der Waals surface area (Å²) in [6.07, 6.45) is 7.41. The number of hydrogen-bond acceptors (Lipinski definition) is 2. The lowest BCUT2D eigenvalue weighted by Gasteiger charge is -2.18. The molecule has 3 unspecified atom stereocenters. The minimum atomic E-state index is 0.700. The van der Waals surface area contributed by atoms with Gasteiger partial charge in [-0.25, -0.2) is 0 Å². The summed E-state index contributed by atoms with van der Waals surface area (Å²) in [7, 11) is 0. The molecule has 2 aliphatic carbocycles. The lowest BCUT2D eigenvalue weighted by Crippen LogP contribution is -2.07. The molecule has 0 spiro atoms. The molecule has 64 valence electrons. The van der Waals surface area contributed by atoms with Crippen LogP contribution in [0.3, 0.4) is 0 Å². The quantitative estimate of drug-likeness (QED) is 0.636. The summed E-state index contributed by atoms with van der Waals surface area (Å²) in [5, 5.41) is 3.78. The molecule has 0 aliphatic heterocycles. The molecule has 2 saturated carbocycles. The van der Waals surface area contributed by atoms with Crippen molar-refractivity contribution >= 4 is 0 Å². The Hall–Kier alpha value is -0.790. The van der Waals surface area contributed by atoms with Gasteiger partial charge < -0.3 is 4.52 Å². The minimum absolute atomic E-state index is 0.700. The number of aromatic nitrogens is 1. The van der Waals surface area contributed by atoms with Gasteiger partial charge in [-0.1, -0.05) is 11.6 Å². The molecule has 2 fully saturated rings. The normalized spacial score (nSPS) is 39.2. The first-order valence-corrected chi connectivity index (χ1v) is 4.84. The van der Waals surface area contributed by atoms with E-state index in [9.17, 15) is 0 Å². The SMILES string of the molecule is c1cc(C2CC3CCC2C3)on1. The molecule has 0 saturated heterocycles. The van der Waals surface area contributed by atoms with E-state index >= 15 is 0 Å². The Morgan fingerprint density at radius 3 is 2.92 bits per heavy atom. The van der Waals surface area contributed by atoms with Crippen molar-refractivity contribution in [3.8, 4) is 0 Å². The molecule has 1 aromatic heterocycles. The van der Waals surface area contributed by atoms with Crippen molar-refractivity contribution in [1.82, 2.24) is 5.16 Å². The lowest BCUT2D eigenvalue weighted by molar-refractivity contribution is 0.310. The average molecular weight is 163 g/mol. The Balaban J connectivity index is 1.87. The lowest BCUT2D eigenvalue weighted by atomic mass is 9.87. The number of hydrogen-bond donors (Lipinski definition) is 0. The summed E-state index contributed by atoms with van der Waals surface area (Å²) in [6.45, 7) is 0. The average Bonchev–Trinajstić information content (AvgIpc) is 2.81. The highest BCUT2D eigenvalue weighted by Crippen LogP contribution is 2.52. The predicted molar refractivity (Wildman–Crippen MR) is 44.7 cm³/mol. The van der Waals surface area contributed by atoms with Crippen LogP contribution in [0.2, 0.25) is 0 Å². The zero-order valence-electron chi connectivity index (χ0n) is 7.07. The summed E-state index contributed by atoms with van der Waals surface area (Å²) in [4.78, 5) is 0. The van der Waals surface area contributed by atoms with E-state index in [0.29, 0.717) is 5.92 Å². The Bertz CT molecular complexity index is 267. The first kappa shape index (κ1) is 6.70. The van der Waals surface area contributed by atoms with Crippen molar-refractivity contribution in [3.63, 3.8) is 0 Å². The van der Waals surface area contributed by atoms with Gasteiger partial charge in [-0.2, -0.15) is 0 Å². The molecule has 2 heteroatoms. The highest BCUT2D eigenvalue weighted by Gasteiger charge is 2.41. The zero-order chi connectivity index (χ0) is 7.97. The number of fused-ring (bicyclic) bond motifs is 2. The van der Waals surface area contributed by atoms with Gasteiger partial charge in [0.05, 0.1) is 6.20 Å². The van der Waals surface area contributed by atoms with Crippen LogP contribution in [-0.2, 0) is 0 Å². The van der Waals surface area contributed by atoms with Crippen molar-refractivity contribution in [2.24, 2.45) is 11.8 Å². The maximum Gasteiger partial charge on any atom is 0.140 e. The first-order valence-electron chi connectivity index (χ1n) is 4.84. The Labute approximate surface area is 71.9 Å². The molecule has 2 nitrogen and oxygen atoms in total. The van der Waals surface area contributed by atoms with Crippen LogP contribution in [0, 0.1) is 11.8 Å². The third-order valence-corrected chi connectivity index (χ3v) is 3.56. The molecule has 3 rings (SSSR count). The molecule has 0 N–H and O–H groups in total. The largest absolute Gasteiger partial charge is 0.361 e. The summed E-state index contributed by atoms with van der Waals surface area (Å²) in [5.74, 6) is 3.72. The third-order valence-electron chi connectivity index (χ3n) is 3.56. The second-order valence-electron chi connectivity index (χ2n) is 4.20. The van der Waals surface area contributed by atoms with Crippen molar-refractivity contribution in [2.75, 3.05) is 0 Å². The van der Waals surface area contributed by atoms with E-state index in [2.05, 4.69) is 5.16 Å². The van der Waals surface area contributed by atoms with Gasteiger partial charge in [0, 0.05) is 12.0 Å². The maximum absolute atomic E-state index is 5.22. The molecule has 2 bridgehead atoms. The zero-order valence-corrected chi connectivity index (χ0v) is 7.07. The van der Waals surface area contributed by atoms with Crippen LogP contribution in [0.1, 0.15) is 37.4 Å². The summed E-state index contributed by atoms with van der Waals surface area (Å²) < 4.78 is 5.22. The van der Waals surface area contributed by atoms with Gasteiger partial charge in [-0.3, -0.25) is 0 Å². The van der Waals surface area contributed by atoms with E-state index in [0.717, 1.165) is 17.6 Å². The van der Waals surface area contributed by atoms with Crippen LogP contribution >= 0.6 is 0 Å². The number of nitrogens with zero attached hydrogens (tertiary/aromatic N) is 1. The van der Waals surface area contributed by atoms with Gasteiger partial charge in [0.25, 0.3) is 0 Å². The minimum Gasteiger partial charge on any atom is -0.361 e. The van der Waals surface area contributed by atoms with Crippen LogP contribution in [0.4, 0.5) is 0 Å². The fourth-order valence-electron chi connectivity index (χ4n) is 3.01.